The zero-order valence-electron chi connectivity index (χ0n) is 11.4. The Bertz CT molecular complexity index is 586. The van der Waals surface area contributed by atoms with Gasteiger partial charge < -0.3 is 9.47 Å². The number of ether oxygens (including phenoxy) is 2. The molecule has 1 atom stereocenters. The average Bonchev–Trinajstić information content (AvgIpc) is 2.48. The van der Waals surface area contributed by atoms with Crippen molar-refractivity contribution in [2.75, 3.05) is 14.2 Å². The summed E-state index contributed by atoms with van der Waals surface area (Å²) in [7, 11) is 3.22. The fourth-order valence-corrected chi connectivity index (χ4v) is 2.77. The minimum absolute atomic E-state index is 0.0275. The SMILES string of the molecule is COc1ccc(C(Br)Cc2ccccc2F)c(OC)c1. The van der Waals surface area contributed by atoms with E-state index in [4.69, 9.17) is 9.47 Å². The van der Waals surface area contributed by atoms with E-state index in [1.54, 1.807) is 26.4 Å². The monoisotopic (exact) mass is 338 g/mol. The van der Waals surface area contributed by atoms with Crippen molar-refractivity contribution in [2.45, 2.75) is 11.2 Å². The fourth-order valence-electron chi connectivity index (χ4n) is 2.04. The normalized spacial score (nSPS) is 12.0. The third-order valence-corrected chi connectivity index (χ3v) is 3.95. The average molecular weight is 339 g/mol. The van der Waals surface area contributed by atoms with Crippen LogP contribution in [0.1, 0.15) is 16.0 Å². The lowest BCUT2D eigenvalue weighted by atomic mass is 10.0. The van der Waals surface area contributed by atoms with Crippen LogP contribution in [0.4, 0.5) is 4.39 Å². The predicted molar refractivity (Wildman–Crippen MR) is 81.3 cm³/mol. The molecule has 0 heterocycles. The quantitative estimate of drug-likeness (QED) is 0.746. The molecule has 0 fully saturated rings. The lowest BCUT2D eigenvalue weighted by Gasteiger charge is -2.15. The van der Waals surface area contributed by atoms with Gasteiger partial charge in [0.1, 0.15) is 17.3 Å². The van der Waals surface area contributed by atoms with Crippen molar-refractivity contribution in [1.82, 2.24) is 0 Å². The standard InChI is InChI=1S/C16H16BrFO2/c1-19-12-7-8-13(16(10-12)20-2)14(17)9-11-5-3-4-6-15(11)18/h3-8,10,14H,9H2,1-2H3. The Balaban J connectivity index is 2.25. The molecule has 20 heavy (non-hydrogen) atoms. The molecule has 4 heteroatoms. The molecule has 0 radical (unpaired) electrons. The second kappa shape index (κ2) is 6.75. The Morgan fingerprint density at radius 2 is 1.85 bits per heavy atom. The Morgan fingerprint density at radius 1 is 1.10 bits per heavy atom. The van der Waals surface area contributed by atoms with Crippen LogP contribution in [0.2, 0.25) is 0 Å². The Labute approximate surface area is 126 Å². The summed E-state index contributed by atoms with van der Waals surface area (Å²) in [6.45, 7) is 0. The molecule has 0 amide bonds. The molecule has 2 nitrogen and oxygen atoms in total. The van der Waals surface area contributed by atoms with Crippen molar-refractivity contribution in [3.63, 3.8) is 0 Å². The van der Waals surface area contributed by atoms with Gasteiger partial charge in [-0.25, -0.2) is 4.39 Å². The zero-order chi connectivity index (χ0) is 14.5. The molecule has 2 aromatic rings. The first-order valence-corrected chi connectivity index (χ1v) is 7.16. The molecule has 0 spiro atoms. The summed E-state index contributed by atoms with van der Waals surface area (Å²) >= 11 is 3.61. The van der Waals surface area contributed by atoms with E-state index < -0.39 is 0 Å². The van der Waals surface area contributed by atoms with E-state index in [2.05, 4.69) is 15.9 Å². The number of hydrogen-bond donors (Lipinski definition) is 0. The minimum Gasteiger partial charge on any atom is -0.497 e. The molecule has 0 N–H and O–H groups in total. The van der Waals surface area contributed by atoms with E-state index in [0.29, 0.717) is 12.0 Å². The van der Waals surface area contributed by atoms with Crippen molar-refractivity contribution in [3.05, 3.63) is 59.4 Å². The van der Waals surface area contributed by atoms with Crippen LogP contribution in [-0.4, -0.2) is 14.2 Å². The number of hydrogen-bond acceptors (Lipinski definition) is 2. The molecule has 0 aliphatic heterocycles. The van der Waals surface area contributed by atoms with Crippen LogP contribution in [0.25, 0.3) is 0 Å². The second-order valence-corrected chi connectivity index (χ2v) is 5.48. The van der Waals surface area contributed by atoms with Crippen LogP contribution >= 0.6 is 15.9 Å². The molecule has 0 aliphatic rings. The van der Waals surface area contributed by atoms with Crippen LogP contribution in [0.3, 0.4) is 0 Å². The largest absolute Gasteiger partial charge is 0.497 e. The summed E-state index contributed by atoms with van der Waals surface area (Å²) in [4.78, 5) is -0.0275. The Kier molecular flexibility index (Phi) is 5.01. The van der Waals surface area contributed by atoms with Gasteiger partial charge in [0, 0.05) is 16.5 Å². The van der Waals surface area contributed by atoms with Gasteiger partial charge in [-0.15, -0.1) is 0 Å². The van der Waals surface area contributed by atoms with E-state index in [1.165, 1.54) is 6.07 Å². The maximum atomic E-state index is 13.7. The van der Waals surface area contributed by atoms with Gasteiger partial charge >= 0.3 is 0 Å². The van der Waals surface area contributed by atoms with Crippen molar-refractivity contribution in [2.24, 2.45) is 0 Å². The summed E-state index contributed by atoms with van der Waals surface area (Å²) in [5, 5.41) is 0. The molecule has 0 aliphatic carbocycles. The highest BCUT2D eigenvalue weighted by atomic mass is 79.9. The first kappa shape index (κ1) is 14.9. The summed E-state index contributed by atoms with van der Waals surface area (Å²) in [5.41, 5.74) is 1.64. The van der Waals surface area contributed by atoms with E-state index in [-0.39, 0.29) is 10.6 Å². The summed E-state index contributed by atoms with van der Waals surface area (Å²) in [6.07, 6.45) is 0.551. The molecule has 1 unspecified atom stereocenters. The van der Waals surface area contributed by atoms with Gasteiger partial charge in [0.15, 0.2) is 0 Å². The van der Waals surface area contributed by atoms with Crippen LogP contribution < -0.4 is 9.47 Å². The van der Waals surface area contributed by atoms with Gasteiger partial charge in [-0.1, -0.05) is 40.2 Å². The summed E-state index contributed by atoms with van der Waals surface area (Å²) < 4.78 is 24.2. The molecule has 106 valence electrons. The molecule has 2 rings (SSSR count). The van der Waals surface area contributed by atoms with Crippen molar-refractivity contribution in [3.8, 4) is 11.5 Å². The van der Waals surface area contributed by atoms with E-state index in [9.17, 15) is 4.39 Å². The number of methoxy groups -OCH3 is 2. The third-order valence-electron chi connectivity index (χ3n) is 3.14. The Morgan fingerprint density at radius 3 is 2.50 bits per heavy atom. The topological polar surface area (TPSA) is 18.5 Å². The second-order valence-electron chi connectivity index (χ2n) is 4.37. The van der Waals surface area contributed by atoms with E-state index >= 15 is 0 Å². The van der Waals surface area contributed by atoms with Crippen LogP contribution in [-0.2, 0) is 6.42 Å². The molecule has 0 bridgehead atoms. The molecule has 0 aromatic heterocycles. The van der Waals surface area contributed by atoms with Gasteiger partial charge in [-0.05, 0) is 24.1 Å². The number of halogens is 2. The van der Waals surface area contributed by atoms with Crippen LogP contribution in [0, 0.1) is 5.82 Å². The van der Waals surface area contributed by atoms with Gasteiger partial charge in [-0.3, -0.25) is 0 Å². The molecular weight excluding hydrogens is 323 g/mol. The first-order valence-electron chi connectivity index (χ1n) is 6.25. The lowest BCUT2D eigenvalue weighted by Crippen LogP contribution is -2.01. The Hall–Kier alpha value is -1.55. The van der Waals surface area contributed by atoms with Crippen molar-refractivity contribution < 1.29 is 13.9 Å². The van der Waals surface area contributed by atoms with Crippen molar-refractivity contribution >= 4 is 15.9 Å². The van der Waals surface area contributed by atoms with Gasteiger partial charge in [0.25, 0.3) is 0 Å². The highest BCUT2D eigenvalue weighted by Gasteiger charge is 2.16. The molecule has 0 saturated heterocycles. The lowest BCUT2D eigenvalue weighted by molar-refractivity contribution is 0.391. The summed E-state index contributed by atoms with van der Waals surface area (Å²) in [5.74, 6) is 1.27. The number of alkyl halides is 1. The zero-order valence-corrected chi connectivity index (χ0v) is 13.0. The number of benzene rings is 2. The summed E-state index contributed by atoms with van der Waals surface area (Å²) in [6, 6.07) is 12.4. The maximum absolute atomic E-state index is 13.7. The van der Waals surface area contributed by atoms with Gasteiger partial charge in [0.05, 0.1) is 14.2 Å². The minimum atomic E-state index is -0.190. The maximum Gasteiger partial charge on any atom is 0.126 e. The smallest absolute Gasteiger partial charge is 0.126 e. The van der Waals surface area contributed by atoms with Crippen LogP contribution in [0.15, 0.2) is 42.5 Å². The van der Waals surface area contributed by atoms with E-state index in [1.807, 2.05) is 24.3 Å². The van der Waals surface area contributed by atoms with Gasteiger partial charge in [-0.2, -0.15) is 0 Å². The van der Waals surface area contributed by atoms with Crippen LogP contribution in [0.5, 0.6) is 11.5 Å². The highest BCUT2D eigenvalue weighted by Crippen LogP contribution is 2.36. The third kappa shape index (κ3) is 3.31. The van der Waals surface area contributed by atoms with Crippen molar-refractivity contribution in [1.29, 1.82) is 0 Å². The van der Waals surface area contributed by atoms with E-state index in [0.717, 1.165) is 17.1 Å². The fraction of sp³-hybridized carbons (Fsp3) is 0.250. The highest BCUT2D eigenvalue weighted by molar-refractivity contribution is 9.09. The molecular formula is C16H16BrFO2. The first-order chi connectivity index (χ1) is 9.65. The number of rotatable bonds is 5. The molecule has 2 aromatic carbocycles. The van der Waals surface area contributed by atoms with Gasteiger partial charge in [0.2, 0.25) is 0 Å². The predicted octanol–water partition coefficient (Wildman–Crippen LogP) is 4.52. The molecule has 0 saturated carbocycles.